The minimum absolute atomic E-state index is 0.111. The first-order valence-electron chi connectivity index (χ1n) is 6.91. The van der Waals surface area contributed by atoms with Crippen LogP contribution in [0, 0.1) is 12.5 Å². The van der Waals surface area contributed by atoms with Crippen LogP contribution in [-0.2, 0) is 14.2 Å². The van der Waals surface area contributed by atoms with Gasteiger partial charge in [0, 0.05) is 5.56 Å². The van der Waals surface area contributed by atoms with Crippen LogP contribution in [0.1, 0.15) is 24.7 Å². The topological polar surface area (TPSA) is 36.9 Å². The van der Waals surface area contributed by atoms with Crippen molar-refractivity contribution in [2.45, 2.75) is 31.3 Å². The Hall–Kier alpha value is -1.96. The molecule has 0 unspecified atom stereocenters. The van der Waals surface area contributed by atoms with Gasteiger partial charge in [-0.05, 0) is 25.0 Å². The number of methoxy groups -OCH3 is 1. The second-order valence-corrected chi connectivity index (χ2v) is 4.75. The SMILES string of the molecule is C#CO[C@H]1CO[C@H](c2ccc(OC)cc2)O[C@@H]1CCC=C. The van der Waals surface area contributed by atoms with Crippen molar-refractivity contribution >= 4 is 0 Å². The van der Waals surface area contributed by atoms with Gasteiger partial charge in [-0.25, -0.2) is 0 Å². The predicted octanol–water partition coefficient (Wildman–Crippen LogP) is 3.05. The van der Waals surface area contributed by atoms with Gasteiger partial charge in [0.1, 0.15) is 18.0 Å². The highest BCUT2D eigenvalue weighted by molar-refractivity contribution is 5.28. The van der Waals surface area contributed by atoms with E-state index in [1.54, 1.807) is 7.11 Å². The number of rotatable bonds is 6. The molecule has 1 heterocycles. The quantitative estimate of drug-likeness (QED) is 0.595. The third kappa shape index (κ3) is 4.01. The van der Waals surface area contributed by atoms with Crippen molar-refractivity contribution in [2.75, 3.05) is 13.7 Å². The van der Waals surface area contributed by atoms with Crippen molar-refractivity contribution in [1.29, 1.82) is 0 Å². The van der Waals surface area contributed by atoms with Crippen LogP contribution < -0.4 is 4.74 Å². The zero-order valence-electron chi connectivity index (χ0n) is 12.2. The Kier molecular flexibility index (Phi) is 5.68. The Morgan fingerprint density at radius 1 is 1.43 bits per heavy atom. The minimum atomic E-state index is -0.414. The first-order chi connectivity index (χ1) is 10.3. The van der Waals surface area contributed by atoms with Crippen LogP contribution in [0.25, 0.3) is 0 Å². The smallest absolute Gasteiger partial charge is 0.184 e. The fourth-order valence-electron chi connectivity index (χ4n) is 2.24. The number of ether oxygens (including phenoxy) is 4. The molecule has 0 radical (unpaired) electrons. The Labute approximate surface area is 125 Å². The first kappa shape index (κ1) is 15.4. The third-order valence-electron chi connectivity index (χ3n) is 3.39. The molecule has 1 aliphatic rings. The van der Waals surface area contributed by atoms with Crippen molar-refractivity contribution in [3.05, 3.63) is 42.5 Å². The van der Waals surface area contributed by atoms with Crippen LogP contribution in [0.3, 0.4) is 0 Å². The maximum absolute atomic E-state index is 5.98. The molecule has 2 rings (SSSR count). The van der Waals surface area contributed by atoms with Crippen LogP contribution in [0.15, 0.2) is 36.9 Å². The summed E-state index contributed by atoms with van der Waals surface area (Å²) in [6.45, 7) is 4.14. The zero-order valence-corrected chi connectivity index (χ0v) is 12.2. The number of allylic oxidation sites excluding steroid dienone is 1. The lowest BCUT2D eigenvalue weighted by Gasteiger charge is -2.35. The second-order valence-electron chi connectivity index (χ2n) is 4.75. The number of terminal acetylenes is 1. The Bertz CT molecular complexity index is 489. The Balaban J connectivity index is 2.04. The summed E-state index contributed by atoms with van der Waals surface area (Å²) in [7, 11) is 1.63. The normalized spacial score (nSPS) is 24.9. The maximum atomic E-state index is 5.98. The molecule has 0 amide bonds. The van der Waals surface area contributed by atoms with E-state index in [1.807, 2.05) is 30.3 Å². The van der Waals surface area contributed by atoms with Crippen molar-refractivity contribution < 1.29 is 18.9 Å². The van der Waals surface area contributed by atoms with Gasteiger partial charge < -0.3 is 18.9 Å². The molecule has 0 bridgehead atoms. The van der Waals surface area contributed by atoms with Crippen LogP contribution in [0.2, 0.25) is 0 Å². The molecular formula is C17H20O4. The van der Waals surface area contributed by atoms with E-state index in [0.29, 0.717) is 6.61 Å². The van der Waals surface area contributed by atoms with E-state index in [4.69, 9.17) is 25.4 Å². The molecule has 0 N–H and O–H groups in total. The number of hydrogen-bond acceptors (Lipinski definition) is 4. The van der Waals surface area contributed by atoms with Crippen LogP contribution in [-0.4, -0.2) is 25.9 Å². The fourth-order valence-corrected chi connectivity index (χ4v) is 2.24. The molecule has 3 atom stereocenters. The molecule has 4 nitrogen and oxygen atoms in total. The van der Waals surface area contributed by atoms with Crippen LogP contribution in [0.5, 0.6) is 5.75 Å². The Morgan fingerprint density at radius 2 is 2.19 bits per heavy atom. The van der Waals surface area contributed by atoms with E-state index >= 15 is 0 Å². The fraction of sp³-hybridized carbons (Fsp3) is 0.412. The second kappa shape index (κ2) is 7.72. The van der Waals surface area contributed by atoms with Gasteiger partial charge in [-0.15, -0.1) is 6.58 Å². The molecular weight excluding hydrogens is 268 g/mol. The van der Waals surface area contributed by atoms with E-state index in [-0.39, 0.29) is 12.2 Å². The van der Waals surface area contributed by atoms with E-state index in [2.05, 4.69) is 12.7 Å². The van der Waals surface area contributed by atoms with Gasteiger partial charge >= 0.3 is 0 Å². The van der Waals surface area contributed by atoms with E-state index < -0.39 is 6.29 Å². The van der Waals surface area contributed by atoms with Gasteiger partial charge in [0.25, 0.3) is 0 Å². The molecule has 0 saturated carbocycles. The lowest BCUT2D eigenvalue weighted by molar-refractivity contribution is -0.256. The van der Waals surface area contributed by atoms with Crippen LogP contribution >= 0.6 is 0 Å². The molecule has 21 heavy (non-hydrogen) atoms. The molecule has 0 aliphatic carbocycles. The van der Waals surface area contributed by atoms with Crippen LogP contribution in [0.4, 0.5) is 0 Å². The predicted molar refractivity (Wildman–Crippen MR) is 79.7 cm³/mol. The summed E-state index contributed by atoms with van der Waals surface area (Å²) < 4.78 is 22.1. The molecule has 1 aromatic rings. The largest absolute Gasteiger partial charge is 0.497 e. The molecule has 1 aliphatic heterocycles. The molecule has 1 aromatic carbocycles. The monoisotopic (exact) mass is 288 g/mol. The summed E-state index contributed by atoms with van der Waals surface area (Å²) in [5.74, 6) is 0.798. The summed E-state index contributed by atoms with van der Waals surface area (Å²) in [6.07, 6.45) is 10.1. The standard InChI is InChI=1S/C17H20O4/c1-4-6-7-15-16(19-5-2)12-20-17(21-15)13-8-10-14(18-3)11-9-13/h2,4,8-11,15-17H,1,6-7,12H2,3H3/t15-,16+,17+/m1/s1. The summed E-state index contributed by atoms with van der Waals surface area (Å²) in [5, 5.41) is 0. The Morgan fingerprint density at radius 3 is 2.81 bits per heavy atom. The van der Waals surface area contributed by atoms with E-state index in [0.717, 1.165) is 24.2 Å². The number of hydrogen-bond donors (Lipinski definition) is 0. The van der Waals surface area contributed by atoms with Crippen molar-refractivity contribution in [3.63, 3.8) is 0 Å². The molecule has 0 aromatic heterocycles. The maximum Gasteiger partial charge on any atom is 0.184 e. The van der Waals surface area contributed by atoms with Gasteiger partial charge in [-0.2, -0.15) is 0 Å². The van der Waals surface area contributed by atoms with E-state index in [1.165, 1.54) is 0 Å². The highest BCUT2D eigenvalue weighted by atomic mass is 16.7. The summed E-state index contributed by atoms with van der Waals surface area (Å²) >= 11 is 0. The summed E-state index contributed by atoms with van der Waals surface area (Å²) in [5.41, 5.74) is 0.943. The van der Waals surface area contributed by atoms with Gasteiger partial charge in [0.15, 0.2) is 12.4 Å². The summed E-state index contributed by atoms with van der Waals surface area (Å²) in [4.78, 5) is 0. The minimum Gasteiger partial charge on any atom is -0.497 e. The van der Waals surface area contributed by atoms with Crippen molar-refractivity contribution in [1.82, 2.24) is 0 Å². The highest BCUT2D eigenvalue weighted by Gasteiger charge is 2.33. The average molecular weight is 288 g/mol. The number of benzene rings is 1. The zero-order chi connectivity index (χ0) is 15.1. The van der Waals surface area contributed by atoms with Gasteiger partial charge in [-0.3, -0.25) is 0 Å². The lowest BCUT2D eigenvalue weighted by Crippen LogP contribution is -2.41. The molecule has 4 heteroatoms. The van der Waals surface area contributed by atoms with E-state index in [9.17, 15) is 0 Å². The molecule has 1 fully saturated rings. The average Bonchev–Trinajstić information content (AvgIpc) is 2.54. The van der Waals surface area contributed by atoms with Crippen molar-refractivity contribution in [2.24, 2.45) is 0 Å². The highest BCUT2D eigenvalue weighted by Crippen LogP contribution is 2.30. The molecule has 0 spiro atoms. The third-order valence-corrected chi connectivity index (χ3v) is 3.39. The molecule has 112 valence electrons. The van der Waals surface area contributed by atoms with Gasteiger partial charge in [-0.1, -0.05) is 24.6 Å². The van der Waals surface area contributed by atoms with Crippen molar-refractivity contribution in [3.8, 4) is 18.3 Å². The summed E-state index contributed by atoms with van der Waals surface area (Å²) in [6, 6.07) is 7.61. The lowest BCUT2D eigenvalue weighted by atomic mass is 10.1. The van der Waals surface area contributed by atoms with Gasteiger partial charge in [0.2, 0.25) is 0 Å². The van der Waals surface area contributed by atoms with Gasteiger partial charge in [0.05, 0.1) is 13.7 Å². The first-order valence-corrected chi connectivity index (χ1v) is 6.91. The molecule has 1 saturated heterocycles.